The smallest absolute Gasteiger partial charge is 0.385 e. The Morgan fingerprint density at radius 3 is 2.27 bits per heavy atom. The highest BCUT2D eigenvalue weighted by Crippen LogP contribution is 2.44. The molecule has 0 aromatic heterocycles. The summed E-state index contributed by atoms with van der Waals surface area (Å²) in [5.74, 6) is 0. The fourth-order valence-corrected chi connectivity index (χ4v) is 4.10. The van der Waals surface area contributed by atoms with Crippen LogP contribution in [0.3, 0.4) is 0 Å². The van der Waals surface area contributed by atoms with Crippen LogP contribution in [0.4, 0.5) is 13.2 Å². The first-order valence-corrected chi connectivity index (χ1v) is 7.83. The fraction of sp³-hybridized carbons (Fsp3) is 0.647. The van der Waals surface area contributed by atoms with Crippen molar-refractivity contribution >= 4 is 0 Å². The lowest BCUT2D eigenvalue weighted by Crippen LogP contribution is -2.55. The molecule has 3 rings (SSSR count). The lowest BCUT2D eigenvalue weighted by molar-refractivity contribution is -0.138. The quantitative estimate of drug-likeness (QED) is 0.851. The zero-order valence-electron chi connectivity index (χ0n) is 13.0. The second-order valence-electron chi connectivity index (χ2n) is 6.93. The van der Waals surface area contributed by atoms with E-state index < -0.39 is 17.3 Å². The third-order valence-electron chi connectivity index (χ3n) is 5.32. The van der Waals surface area contributed by atoms with E-state index in [9.17, 15) is 18.3 Å². The maximum Gasteiger partial charge on any atom is 0.416 e. The molecule has 0 spiro atoms. The number of hydrogen-bond acceptors (Lipinski definition) is 2. The van der Waals surface area contributed by atoms with Gasteiger partial charge in [-0.2, -0.15) is 13.2 Å². The standard InChI is InChI=1S/C17H22F3NO/c1-11-6-12(8-13(7-11)17(18,19)20)16(22)9-14-4-3-5-15(10-16)21(14)2/h6-8,14-15,22H,3-5,9-10H2,1-2H3. The van der Waals surface area contributed by atoms with Crippen LogP contribution in [0, 0.1) is 6.92 Å². The molecular formula is C17H22F3NO. The summed E-state index contributed by atoms with van der Waals surface area (Å²) in [5.41, 5.74) is -0.846. The van der Waals surface area contributed by atoms with E-state index in [0.29, 0.717) is 24.0 Å². The van der Waals surface area contributed by atoms with Crippen LogP contribution in [0.2, 0.25) is 0 Å². The number of hydrogen-bond donors (Lipinski definition) is 1. The van der Waals surface area contributed by atoms with Gasteiger partial charge >= 0.3 is 6.18 Å². The van der Waals surface area contributed by atoms with Gasteiger partial charge in [0, 0.05) is 12.1 Å². The average molecular weight is 313 g/mol. The topological polar surface area (TPSA) is 23.5 Å². The van der Waals surface area contributed by atoms with Gasteiger partial charge in [-0.15, -0.1) is 0 Å². The Hall–Kier alpha value is -1.07. The Balaban J connectivity index is 1.98. The van der Waals surface area contributed by atoms with E-state index in [1.165, 1.54) is 0 Å². The van der Waals surface area contributed by atoms with Gasteiger partial charge in [0.15, 0.2) is 0 Å². The molecule has 2 atom stereocenters. The SMILES string of the molecule is Cc1cc(C(F)(F)F)cc(C2(O)CC3CCCC(C2)N3C)c1. The van der Waals surface area contributed by atoms with Crippen LogP contribution >= 0.6 is 0 Å². The number of rotatable bonds is 1. The van der Waals surface area contributed by atoms with Crippen LogP contribution in [0.15, 0.2) is 18.2 Å². The zero-order chi connectivity index (χ0) is 16.1. The summed E-state index contributed by atoms with van der Waals surface area (Å²) in [6.45, 7) is 1.65. The molecule has 2 aliphatic heterocycles. The molecule has 2 bridgehead atoms. The van der Waals surface area contributed by atoms with Crippen molar-refractivity contribution in [2.24, 2.45) is 0 Å². The number of halogens is 3. The summed E-state index contributed by atoms with van der Waals surface area (Å²) in [6, 6.07) is 4.49. The molecule has 0 radical (unpaired) electrons. The lowest BCUT2D eigenvalue weighted by atomic mass is 9.72. The second kappa shape index (κ2) is 5.24. The highest BCUT2D eigenvalue weighted by molar-refractivity contribution is 5.35. The van der Waals surface area contributed by atoms with Crippen molar-refractivity contribution in [3.63, 3.8) is 0 Å². The van der Waals surface area contributed by atoms with Crippen molar-refractivity contribution in [2.75, 3.05) is 7.05 Å². The molecule has 2 saturated heterocycles. The summed E-state index contributed by atoms with van der Waals surface area (Å²) in [4.78, 5) is 2.29. The highest BCUT2D eigenvalue weighted by atomic mass is 19.4. The van der Waals surface area contributed by atoms with Gasteiger partial charge in [0.1, 0.15) is 0 Å². The molecule has 0 aliphatic carbocycles. The van der Waals surface area contributed by atoms with Crippen molar-refractivity contribution in [3.8, 4) is 0 Å². The number of piperidine rings is 2. The van der Waals surface area contributed by atoms with E-state index in [2.05, 4.69) is 11.9 Å². The predicted octanol–water partition coefficient (Wildman–Crippen LogP) is 3.85. The minimum Gasteiger partial charge on any atom is -0.385 e. The highest BCUT2D eigenvalue weighted by Gasteiger charge is 2.45. The molecular weight excluding hydrogens is 291 g/mol. The molecule has 22 heavy (non-hydrogen) atoms. The number of alkyl halides is 3. The Morgan fingerprint density at radius 1 is 1.14 bits per heavy atom. The summed E-state index contributed by atoms with van der Waals surface area (Å²) in [7, 11) is 2.06. The van der Waals surface area contributed by atoms with Gasteiger partial charge in [-0.3, -0.25) is 0 Å². The van der Waals surface area contributed by atoms with E-state index in [1.807, 2.05) is 0 Å². The molecule has 2 fully saturated rings. The van der Waals surface area contributed by atoms with E-state index in [4.69, 9.17) is 0 Å². The Kier molecular flexibility index (Phi) is 3.76. The van der Waals surface area contributed by atoms with Crippen LogP contribution in [-0.2, 0) is 11.8 Å². The molecule has 0 amide bonds. The van der Waals surface area contributed by atoms with Crippen LogP contribution < -0.4 is 0 Å². The van der Waals surface area contributed by atoms with Gasteiger partial charge in [-0.1, -0.05) is 18.1 Å². The molecule has 0 saturated carbocycles. The van der Waals surface area contributed by atoms with Crippen LogP contribution in [0.1, 0.15) is 48.8 Å². The van der Waals surface area contributed by atoms with E-state index in [1.54, 1.807) is 13.0 Å². The first-order valence-electron chi connectivity index (χ1n) is 7.83. The number of benzene rings is 1. The maximum absolute atomic E-state index is 13.0. The van der Waals surface area contributed by atoms with E-state index in [0.717, 1.165) is 31.4 Å². The normalized spacial score (nSPS) is 33.0. The van der Waals surface area contributed by atoms with Gasteiger partial charge in [0.25, 0.3) is 0 Å². The molecule has 2 nitrogen and oxygen atoms in total. The monoisotopic (exact) mass is 313 g/mol. The summed E-state index contributed by atoms with van der Waals surface area (Å²) >= 11 is 0. The Bertz CT molecular complexity index is 556. The lowest BCUT2D eigenvalue weighted by Gasteiger charge is -2.51. The Labute approximate surface area is 128 Å². The second-order valence-corrected chi connectivity index (χ2v) is 6.93. The van der Waals surface area contributed by atoms with Gasteiger partial charge in [-0.05, 0) is 57.4 Å². The van der Waals surface area contributed by atoms with Gasteiger partial charge in [0.05, 0.1) is 11.2 Å². The van der Waals surface area contributed by atoms with Crippen molar-refractivity contribution < 1.29 is 18.3 Å². The molecule has 122 valence electrons. The molecule has 1 aromatic carbocycles. The molecule has 2 unspecified atom stereocenters. The minimum atomic E-state index is -4.38. The largest absolute Gasteiger partial charge is 0.416 e. The first-order chi connectivity index (χ1) is 10.2. The molecule has 1 N–H and O–H groups in total. The van der Waals surface area contributed by atoms with Gasteiger partial charge in [0.2, 0.25) is 0 Å². The molecule has 2 heterocycles. The number of aryl methyl sites for hydroxylation is 1. The molecule has 5 heteroatoms. The Morgan fingerprint density at radius 2 is 1.73 bits per heavy atom. The minimum absolute atomic E-state index is 0.257. The van der Waals surface area contributed by atoms with E-state index in [-0.39, 0.29) is 12.1 Å². The predicted molar refractivity (Wildman–Crippen MR) is 78.5 cm³/mol. The zero-order valence-corrected chi connectivity index (χ0v) is 13.0. The van der Waals surface area contributed by atoms with Crippen molar-refractivity contribution in [3.05, 3.63) is 34.9 Å². The van der Waals surface area contributed by atoms with E-state index >= 15 is 0 Å². The number of aliphatic hydroxyl groups is 1. The van der Waals surface area contributed by atoms with Gasteiger partial charge < -0.3 is 10.0 Å². The van der Waals surface area contributed by atoms with Crippen LogP contribution in [-0.4, -0.2) is 29.1 Å². The molecule has 1 aromatic rings. The summed E-state index contributed by atoms with van der Waals surface area (Å²) < 4.78 is 39.1. The molecule has 2 aliphatic rings. The van der Waals surface area contributed by atoms with Crippen molar-refractivity contribution in [1.29, 1.82) is 0 Å². The first kappa shape index (κ1) is 15.8. The van der Waals surface area contributed by atoms with Crippen LogP contribution in [0.5, 0.6) is 0 Å². The average Bonchev–Trinajstić information content (AvgIpc) is 2.39. The van der Waals surface area contributed by atoms with Crippen molar-refractivity contribution in [1.82, 2.24) is 4.90 Å². The fourth-order valence-electron chi connectivity index (χ4n) is 4.10. The third-order valence-corrected chi connectivity index (χ3v) is 5.32. The van der Waals surface area contributed by atoms with Gasteiger partial charge in [-0.25, -0.2) is 0 Å². The summed E-state index contributed by atoms with van der Waals surface area (Å²) in [6.07, 6.45) is -0.197. The number of nitrogens with zero attached hydrogens (tertiary/aromatic N) is 1. The van der Waals surface area contributed by atoms with Crippen LogP contribution in [0.25, 0.3) is 0 Å². The summed E-state index contributed by atoms with van der Waals surface area (Å²) in [5, 5.41) is 11.1. The number of fused-ring (bicyclic) bond motifs is 2. The third kappa shape index (κ3) is 2.76. The maximum atomic E-state index is 13.0. The van der Waals surface area contributed by atoms with Crippen molar-refractivity contribution in [2.45, 2.75) is 62.9 Å².